The Morgan fingerprint density at radius 3 is 2.09 bits per heavy atom. The van der Waals surface area contributed by atoms with E-state index < -0.39 is 0 Å². The van der Waals surface area contributed by atoms with Crippen LogP contribution in [0.25, 0.3) is 22.5 Å². The molecule has 0 aliphatic carbocycles. The third-order valence-electron chi connectivity index (χ3n) is 8.39. The van der Waals surface area contributed by atoms with Gasteiger partial charge in [-0.15, -0.1) is 0 Å². The third kappa shape index (κ3) is 13.9. The second-order valence-corrected chi connectivity index (χ2v) is 12.7. The number of aromatic nitrogens is 3. The summed E-state index contributed by atoms with van der Waals surface area (Å²) in [6, 6.07) is 16.2. The maximum atomic E-state index is 13.9. The first-order chi connectivity index (χ1) is 25.9. The van der Waals surface area contributed by atoms with Gasteiger partial charge >= 0.3 is 0 Å². The Kier molecular flexibility index (Phi) is 18.3. The fourth-order valence-corrected chi connectivity index (χ4v) is 5.68. The number of aromatic amines is 1. The Hall–Kier alpha value is -4.25. The molecule has 290 valence electrons. The number of benzene rings is 2. The molecular weight excluding hydrogens is 682 g/mol. The summed E-state index contributed by atoms with van der Waals surface area (Å²) in [4.78, 5) is 39.4. The van der Waals surface area contributed by atoms with E-state index in [-0.39, 0.29) is 30.6 Å². The van der Waals surface area contributed by atoms with Gasteiger partial charge in [0.15, 0.2) is 0 Å². The number of nitrogens with one attached hydrogen (secondary N) is 4. The average Bonchev–Trinajstić information content (AvgIpc) is 3.57. The number of carbonyl (C=O) groups excluding carboxylic acids is 3. The van der Waals surface area contributed by atoms with Gasteiger partial charge in [-0.2, -0.15) is 4.68 Å². The van der Waals surface area contributed by atoms with Crippen molar-refractivity contribution >= 4 is 23.4 Å². The molecule has 0 radical (unpaired) electrons. The number of rotatable bonds is 25. The Labute approximate surface area is 312 Å². The van der Waals surface area contributed by atoms with Crippen molar-refractivity contribution in [3.63, 3.8) is 0 Å². The fraction of sp³-hybridized carbons (Fsp3) is 0.553. The summed E-state index contributed by atoms with van der Waals surface area (Å²) in [5.41, 5.74) is 5.24. The molecule has 4 N–H and O–H groups in total. The molecule has 15 nitrogen and oxygen atoms in total. The molecule has 0 fully saturated rings. The monoisotopic (exact) mass is 738 g/mol. The molecule has 0 atom stereocenters. The van der Waals surface area contributed by atoms with E-state index in [1.54, 1.807) is 11.9 Å². The smallest absolute Gasteiger partial charge is 0.257 e. The molecular formula is C38H56N7O8+. The molecule has 2 heterocycles. The molecule has 1 aromatic heterocycles. The SMILES string of the molecule is CNC(=O)CCOCCOCCOCCOCCNC(=O)CCC(=O)N1Cc2ccccc2-c2n[nH][n+](CCOCCNC(C)C)c2-c2ccccc21. The van der Waals surface area contributed by atoms with Crippen molar-refractivity contribution in [2.24, 2.45) is 0 Å². The van der Waals surface area contributed by atoms with Gasteiger partial charge in [-0.3, -0.25) is 14.4 Å². The van der Waals surface area contributed by atoms with Crippen LogP contribution in [0.15, 0.2) is 48.5 Å². The number of fused-ring (bicyclic) bond motifs is 5. The molecule has 15 heteroatoms. The van der Waals surface area contributed by atoms with Crippen LogP contribution in [0.2, 0.25) is 0 Å². The lowest BCUT2D eigenvalue weighted by molar-refractivity contribution is -0.744. The lowest BCUT2D eigenvalue weighted by atomic mass is 9.95. The van der Waals surface area contributed by atoms with Crippen molar-refractivity contribution < 1.29 is 42.7 Å². The highest BCUT2D eigenvalue weighted by Gasteiger charge is 2.33. The second-order valence-electron chi connectivity index (χ2n) is 12.7. The van der Waals surface area contributed by atoms with Crippen LogP contribution in [-0.4, -0.2) is 120 Å². The minimum atomic E-state index is -0.216. The number of carbonyl (C=O) groups is 3. The minimum Gasteiger partial charge on any atom is -0.379 e. The molecule has 1 aliphatic heterocycles. The summed E-state index contributed by atoms with van der Waals surface area (Å²) < 4.78 is 29.7. The molecule has 0 unspecified atom stereocenters. The molecule has 1 aliphatic rings. The zero-order valence-electron chi connectivity index (χ0n) is 31.3. The minimum absolute atomic E-state index is 0.0533. The maximum absolute atomic E-state index is 13.9. The van der Waals surface area contributed by atoms with Crippen LogP contribution in [0.4, 0.5) is 5.69 Å². The van der Waals surface area contributed by atoms with Crippen LogP contribution in [-0.2, 0) is 51.2 Å². The Balaban J connectivity index is 1.20. The molecule has 0 spiro atoms. The second kappa shape index (κ2) is 23.4. The highest BCUT2D eigenvalue weighted by molar-refractivity contribution is 6.00. The van der Waals surface area contributed by atoms with E-state index in [4.69, 9.17) is 28.8 Å². The van der Waals surface area contributed by atoms with Crippen molar-refractivity contribution in [2.75, 3.05) is 91.1 Å². The standard InChI is InChI=1S/C38H55N7O8/c1-29(2)40-15-19-50-21-17-45-38-32-10-6-7-11-33(32)44(28-30-8-4-5-9-31(30)37(38)42-43-45)36(48)13-12-35(47)41-16-20-51-23-25-53-27-26-52-24-22-49-18-14-34(46)39-3/h4-11,29,40H,12-28H2,1-3H3,(H2,39,41,46,47)/p+1. The molecule has 0 saturated heterocycles. The number of ether oxygens (including phenoxy) is 5. The molecule has 0 saturated carbocycles. The summed E-state index contributed by atoms with van der Waals surface area (Å²) in [6.07, 6.45) is 0.440. The number of amides is 3. The zero-order chi connectivity index (χ0) is 37.7. The summed E-state index contributed by atoms with van der Waals surface area (Å²) >= 11 is 0. The summed E-state index contributed by atoms with van der Waals surface area (Å²) in [7, 11) is 1.59. The van der Waals surface area contributed by atoms with E-state index in [1.807, 2.05) is 53.2 Å². The van der Waals surface area contributed by atoms with E-state index in [1.165, 1.54) is 0 Å². The van der Waals surface area contributed by atoms with E-state index in [9.17, 15) is 14.4 Å². The topological polar surface area (TPSA) is 169 Å². The summed E-state index contributed by atoms with van der Waals surface area (Å²) in [6.45, 7) is 10.5. The van der Waals surface area contributed by atoms with Crippen LogP contribution in [0.3, 0.4) is 0 Å². The van der Waals surface area contributed by atoms with Gasteiger partial charge in [-0.25, -0.2) is 0 Å². The highest BCUT2D eigenvalue weighted by Crippen LogP contribution is 2.39. The maximum Gasteiger partial charge on any atom is 0.257 e. The normalized spacial score (nSPS) is 12.1. The van der Waals surface area contributed by atoms with E-state index in [2.05, 4.69) is 35.0 Å². The first kappa shape index (κ1) is 41.5. The lowest BCUT2D eigenvalue weighted by Gasteiger charge is -2.27. The van der Waals surface area contributed by atoms with E-state index >= 15 is 0 Å². The van der Waals surface area contributed by atoms with Crippen molar-refractivity contribution in [3.8, 4) is 22.5 Å². The first-order valence-corrected chi connectivity index (χ1v) is 18.4. The van der Waals surface area contributed by atoms with Crippen LogP contribution in [0.1, 0.15) is 38.7 Å². The predicted octanol–water partition coefficient (Wildman–Crippen LogP) is 1.99. The van der Waals surface area contributed by atoms with E-state index in [0.717, 1.165) is 40.3 Å². The van der Waals surface area contributed by atoms with Gasteiger partial charge in [0.1, 0.15) is 6.54 Å². The number of H-pyrrole nitrogens is 1. The molecule has 2 aromatic carbocycles. The molecule has 53 heavy (non-hydrogen) atoms. The summed E-state index contributed by atoms with van der Waals surface area (Å²) in [5, 5.41) is 16.7. The van der Waals surface area contributed by atoms with Crippen molar-refractivity contribution in [1.82, 2.24) is 26.3 Å². The zero-order valence-corrected chi connectivity index (χ0v) is 31.3. The average molecular weight is 739 g/mol. The van der Waals surface area contributed by atoms with Gasteiger partial charge in [-0.1, -0.05) is 49.4 Å². The largest absolute Gasteiger partial charge is 0.379 e. The number of hydrogen-bond acceptors (Lipinski definition) is 10. The third-order valence-corrected chi connectivity index (χ3v) is 8.39. The van der Waals surface area contributed by atoms with Crippen LogP contribution in [0, 0.1) is 0 Å². The predicted molar refractivity (Wildman–Crippen MR) is 199 cm³/mol. The van der Waals surface area contributed by atoms with Crippen LogP contribution in [0.5, 0.6) is 0 Å². The highest BCUT2D eigenvalue weighted by atomic mass is 16.6. The number of para-hydroxylation sites is 1. The van der Waals surface area contributed by atoms with Gasteiger partial charge in [0.05, 0.1) is 83.9 Å². The molecule has 3 aromatic rings. The Morgan fingerprint density at radius 2 is 1.38 bits per heavy atom. The van der Waals surface area contributed by atoms with Crippen molar-refractivity contribution in [2.45, 2.75) is 52.2 Å². The van der Waals surface area contributed by atoms with Gasteiger partial charge in [-0.05, 0) is 23.8 Å². The first-order valence-electron chi connectivity index (χ1n) is 18.4. The molecule has 0 bridgehead atoms. The van der Waals surface area contributed by atoms with Gasteiger partial charge in [0.2, 0.25) is 23.4 Å². The van der Waals surface area contributed by atoms with Crippen molar-refractivity contribution in [3.05, 3.63) is 54.1 Å². The van der Waals surface area contributed by atoms with Crippen LogP contribution < -0.4 is 25.5 Å². The Bertz CT molecular complexity index is 1570. The van der Waals surface area contributed by atoms with Crippen LogP contribution >= 0.6 is 0 Å². The molecule has 4 rings (SSSR count). The number of nitrogens with zero attached hydrogens (tertiary/aromatic N) is 3. The van der Waals surface area contributed by atoms with Gasteiger partial charge in [0.25, 0.3) is 5.69 Å². The Morgan fingerprint density at radius 1 is 0.755 bits per heavy atom. The number of anilines is 1. The number of hydrogen-bond donors (Lipinski definition) is 4. The molecule has 3 amide bonds. The van der Waals surface area contributed by atoms with Gasteiger partial charge < -0.3 is 44.5 Å². The lowest BCUT2D eigenvalue weighted by Crippen LogP contribution is -2.41. The fourth-order valence-electron chi connectivity index (χ4n) is 5.68. The quantitative estimate of drug-likeness (QED) is 0.0746. The summed E-state index contributed by atoms with van der Waals surface area (Å²) in [5.74, 6) is -0.416. The van der Waals surface area contributed by atoms with E-state index in [0.29, 0.717) is 98.2 Å². The van der Waals surface area contributed by atoms with Crippen molar-refractivity contribution in [1.29, 1.82) is 0 Å². The van der Waals surface area contributed by atoms with Gasteiger partial charge in [0, 0.05) is 56.1 Å².